The van der Waals surface area contributed by atoms with Gasteiger partial charge in [0, 0.05) is 20.3 Å². The van der Waals surface area contributed by atoms with Crippen LogP contribution in [0.5, 0.6) is 0 Å². The second-order valence-electron chi connectivity index (χ2n) is 5.14. The highest BCUT2D eigenvalue weighted by atomic mass is 16.5. The molecule has 1 rings (SSSR count). The van der Waals surface area contributed by atoms with Crippen molar-refractivity contribution in [3.05, 3.63) is 35.9 Å². The predicted molar refractivity (Wildman–Crippen MR) is 82.9 cm³/mol. The maximum Gasteiger partial charge on any atom is 0.244 e. The number of rotatable bonds is 10. The molecule has 1 aromatic rings. The number of carbonyl (C=O) groups is 1. The van der Waals surface area contributed by atoms with Crippen LogP contribution in [0, 0.1) is 0 Å². The average molecular weight is 294 g/mol. The molecule has 0 spiro atoms. The van der Waals surface area contributed by atoms with E-state index in [-0.39, 0.29) is 5.91 Å². The summed E-state index contributed by atoms with van der Waals surface area (Å²) < 4.78 is 10.2. The summed E-state index contributed by atoms with van der Waals surface area (Å²) in [7, 11) is 1.65. The van der Waals surface area contributed by atoms with Gasteiger partial charge in [0.1, 0.15) is 5.54 Å². The van der Waals surface area contributed by atoms with Crippen molar-refractivity contribution in [2.75, 3.05) is 33.5 Å². The van der Waals surface area contributed by atoms with E-state index >= 15 is 0 Å². The van der Waals surface area contributed by atoms with Crippen molar-refractivity contribution in [1.29, 1.82) is 0 Å². The number of amides is 1. The molecule has 118 valence electrons. The SMILES string of the molecule is COCCOCCCCNC(=O)C(C)(N)c1ccccc1. The highest BCUT2D eigenvalue weighted by Crippen LogP contribution is 2.17. The summed E-state index contributed by atoms with van der Waals surface area (Å²) >= 11 is 0. The largest absolute Gasteiger partial charge is 0.382 e. The number of nitrogens with one attached hydrogen (secondary N) is 1. The van der Waals surface area contributed by atoms with Crippen LogP contribution >= 0.6 is 0 Å². The van der Waals surface area contributed by atoms with E-state index in [1.165, 1.54) is 0 Å². The molecular formula is C16H26N2O3. The Kier molecular flexibility index (Phi) is 7.97. The van der Waals surface area contributed by atoms with E-state index in [9.17, 15) is 4.79 Å². The second-order valence-corrected chi connectivity index (χ2v) is 5.14. The Morgan fingerprint density at radius 1 is 1.19 bits per heavy atom. The predicted octanol–water partition coefficient (Wildman–Crippen LogP) is 1.42. The van der Waals surface area contributed by atoms with Gasteiger partial charge in [-0.3, -0.25) is 4.79 Å². The Hall–Kier alpha value is -1.43. The summed E-state index contributed by atoms with van der Waals surface area (Å²) in [5.41, 5.74) is 5.93. The Bertz CT molecular complexity index is 407. The zero-order valence-electron chi connectivity index (χ0n) is 12.9. The third kappa shape index (κ3) is 6.25. The lowest BCUT2D eigenvalue weighted by molar-refractivity contribution is -0.126. The fourth-order valence-corrected chi connectivity index (χ4v) is 1.87. The number of hydrogen-bond donors (Lipinski definition) is 2. The van der Waals surface area contributed by atoms with Gasteiger partial charge in [0.25, 0.3) is 0 Å². The van der Waals surface area contributed by atoms with E-state index in [2.05, 4.69) is 5.32 Å². The molecule has 0 aliphatic rings. The highest BCUT2D eigenvalue weighted by Gasteiger charge is 2.29. The maximum absolute atomic E-state index is 12.2. The first kappa shape index (κ1) is 17.6. The van der Waals surface area contributed by atoms with Crippen LogP contribution in [0.1, 0.15) is 25.3 Å². The van der Waals surface area contributed by atoms with E-state index in [0.717, 1.165) is 18.4 Å². The van der Waals surface area contributed by atoms with Crippen LogP contribution in [0.15, 0.2) is 30.3 Å². The number of nitrogens with two attached hydrogens (primary N) is 1. The zero-order valence-corrected chi connectivity index (χ0v) is 12.9. The Morgan fingerprint density at radius 3 is 2.57 bits per heavy atom. The third-order valence-corrected chi connectivity index (χ3v) is 3.28. The molecule has 5 heteroatoms. The molecule has 0 fully saturated rings. The van der Waals surface area contributed by atoms with Gasteiger partial charge in [0.15, 0.2) is 0 Å². The summed E-state index contributed by atoms with van der Waals surface area (Å²) in [6, 6.07) is 9.39. The quantitative estimate of drug-likeness (QED) is 0.640. The van der Waals surface area contributed by atoms with Crippen LogP contribution in [-0.2, 0) is 19.8 Å². The standard InChI is InChI=1S/C16H26N2O3/c1-16(17,14-8-4-3-5-9-14)15(19)18-10-6-7-11-21-13-12-20-2/h3-5,8-9H,6-7,10-13,17H2,1-2H3,(H,18,19). The smallest absolute Gasteiger partial charge is 0.244 e. The van der Waals surface area contributed by atoms with E-state index < -0.39 is 5.54 Å². The molecule has 0 saturated heterocycles. The van der Waals surface area contributed by atoms with Crippen LogP contribution in [0.2, 0.25) is 0 Å². The van der Waals surface area contributed by atoms with Gasteiger partial charge in [-0.1, -0.05) is 30.3 Å². The van der Waals surface area contributed by atoms with Crippen molar-refractivity contribution in [3.8, 4) is 0 Å². The maximum atomic E-state index is 12.2. The summed E-state index contributed by atoms with van der Waals surface area (Å²) in [6.45, 7) is 4.23. The van der Waals surface area contributed by atoms with Crippen molar-refractivity contribution in [3.63, 3.8) is 0 Å². The molecule has 5 nitrogen and oxygen atoms in total. The van der Waals surface area contributed by atoms with E-state index in [1.54, 1.807) is 14.0 Å². The normalized spacial score (nSPS) is 13.7. The van der Waals surface area contributed by atoms with E-state index in [1.807, 2.05) is 30.3 Å². The molecule has 0 heterocycles. The van der Waals surface area contributed by atoms with Gasteiger partial charge in [-0.05, 0) is 25.3 Å². The first-order valence-corrected chi connectivity index (χ1v) is 7.28. The van der Waals surface area contributed by atoms with Gasteiger partial charge in [0.05, 0.1) is 13.2 Å². The third-order valence-electron chi connectivity index (χ3n) is 3.28. The lowest BCUT2D eigenvalue weighted by Crippen LogP contribution is -2.49. The number of benzene rings is 1. The molecule has 0 bridgehead atoms. The Labute approximate surface area is 126 Å². The lowest BCUT2D eigenvalue weighted by Gasteiger charge is -2.24. The van der Waals surface area contributed by atoms with Crippen molar-refractivity contribution in [2.24, 2.45) is 5.73 Å². The first-order chi connectivity index (χ1) is 10.1. The molecule has 1 aromatic carbocycles. The molecular weight excluding hydrogens is 268 g/mol. The van der Waals surface area contributed by atoms with E-state index in [0.29, 0.717) is 26.4 Å². The topological polar surface area (TPSA) is 73.6 Å². The van der Waals surface area contributed by atoms with Crippen molar-refractivity contribution >= 4 is 5.91 Å². The van der Waals surface area contributed by atoms with Crippen LogP contribution < -0.4 is 11.1 Å². The second kappa shape index (κ2) is 9.50. The minimum Gasteiger partial charge on any atom is -0.382 e. The molecule has 0 saturated carbocycles. The van der Waals surface area contributed by atoms with Crippen LogP contribution in [0.3, 0.4) is 0 Å². The summed E-state index contributed by atoms with van der Waals surface area (Å²) in [6.07, 6.45) is 1.76. The highest BCUT2D eigenvalue weighted by molar-refractivity contribution is 5.86. The molecule has 3 N–H and O–H groups in total. The number of unbranched alkanes of at least 4 members (excludes halogenated alkanes) is 1. The van der Waals surface area contributed by atoms with Crippen molar-refractivity contribution in [1.82, 2.24) is 5.32 Å². The molecule has 0 radical (unpaired) electrons. The van der Waals surface area contributed by atoms with E-state index in [4.69, 9.17) is 15.2 Å². The molecule has 0 aliphatic heterocycles. The Balaban J connectivity index is 2.21. The molecule has 1 amide bonds. The van der Waals surface area contributed by atoms with Crippen LogP contribution in [-0.4, -0.2) is 39.4 Å². The number of carbonyl (C=O) groups excluding carboxylic acids is 1. The van der Waals surface area contributed by atoms with Gasteiger partial charge in [-0.15, -0.1) is 0 Å². The number of hydrogen-bond acceptors (Lipinski definition) is 4. The number of methoxy groups -OCH3 is 1. The lowest BCUT2D eigenvalue weighted by atomic mass is 9.92. The fourth-order valence-electron chi connectivity index (χ4n) is 1.87. The molecule has 1 unspecified atom stereocenters. The Morgan fingerprint density at radius 2 is 1.90 bits per heavy atom. The van der Waals surface area contributed by atoms with Crippen LogP contribution in [0.4, 0.5) is 0 Å². The summed E-state index contributed by atoms with van der Waals surface area (Å²) in [5.74, 6) is -0.158. The van der Waals surface area contributed by atoms with Gasteiger partial charge >= 0.3 is 0 Å². The van der Waals surface area contributed by atoms with Crippen LogP contribution in [0.25, 0.3) is 0 Å². The van der Waals surface area contributed by atoms with Crippen molar-refractivity contribution in [2.45, 2.75) is 25.3 Å². The molecule has 1 atom stereocenters. The molecule has 0 aromatic heterocycles. The van der Waals surface area contributed by atoms with Gasteiger partial charge < -0.3 is 20.5 Å². The number of ether oxygens (including phenoxy) is 2. The minimum absolute atomic E-state index is 0.158. The van der Waals surface area contributed by atoms with Gasteiger partial charge in [0.2, 0.25) is 5.91 Å². The fraction of sp³-hybridized carbons (Fsp3) is 0.562. The first-order valence-electron chi connectivity index (χ1n) is 7.28. The van der Waals surface area contributed by atoms with Gasteiger partial charge in [-0.2, -0.15) is 0 Å². The summed E-state index contributed by atoms with van der Waals surface area (Å²) in [4.78, 5) is 12.2. The van der Waals surface area contributed by atoms with Gasteiger partial charge in [-0.25, -0.2) is 0 Å². The molecule has 21 heavy (non-hydrogen) atoms. The average Bonchev–Trinajstić information content (AvgIpc) is 2.50. The van der Waals surface area contributed by atoms with Crippen molar-refractivity contribution < 1.29 is 14.3 Å². The minimum atomic E-state index is -1.00. The zero-order chi connectivity index (χ0) is 15.6. The summed E-state index contributed by atoms with van der Waals surface area (Å²) in [5, 5.41) is 2.88. The molecule has 0 aliphatic carbocycles. The monoisotopic (exact) mass is 294 g/mol.